The predicted octanol–water partition coefficient (Wildman–Crippen LogP) is 3.60. The van der Waals surface area contributed by atoms with Crippen LogP contribution in [-0.4, -0.2) is 42.5 Å². The first kappa shape index (κ1) is 18.6. The lowest BCUT2D eigenvalue weighted by molar-refractivity contribution is -0.128. The van der Waals surface area contributed by atoms with Crippen LogP contribution >= 0.6 is 0 Å². The number of nitrogens with two attached hydrogens (primary N) is 1. The lowest BCUT2D eigenvalue weighted by Crippen LogP contribution is -2.25. The molecule has 4 N–H and O–H groups in total. The van der Waals surface area contributed by atoms with Gasteiger partial charge in [0.25, 0.3) is 0 Å². The minimum atomic E-state index is 0.138. The highest BCUT2D eigenvalue weighted by molar-refractivity contribution is 6.07. The number of carbonyl (C=O) groups excluding carboxylic acids is 1. The van der Waals surface area contributed by atoms with E-state index in [9.17, 15) is 4.79 Å². The van der Waals surface area contributed by atoms with Crippen LogP contribution in [-0.2, 0) is 11.3 Å². The lowest BCUT2D eigenvalue weighted by atomic mass is 9.99. The summed E-state index contributed by atoms with van der Waals surface area (Å²) >= 11 is 0. The Balaban J connectivity index is 1.32. The summed E-state index contributed by atoms with van der Waals surface area (Å²) in [5.74, 6) is 1.42. The number of H-pyrrole nitrogens is 2. The molecule has 1 aliphatic rings. The van der Waals surface area contributed by atoms with E-state index < -0.39 is 0 Å². The second-order valence-electron chi connectivity index (χ2n) is 8.18. The van der Waals surface area contributed by atoms with E-state index in [1.807, 2.05) is 47.4 Å². The minimum Gasteiger partial charge on any atom is -0.382 e. The van der Waals surface area contributed by atoms with Gasteiger partial charge in [-0.05, 0) is 23.8 Å². The van der Waals surface area contributed by atoms with Crippen LogP contribution in [0.1, 0.15) is 23.7 Å². The fourth-order valence-electron chi connectivity index (χ4n) is 4.53. The Labute approximate surface area is 183 Å². The minimum absolute atomic E-state index is 0.138. The van der Waals surface area contributed by atoms with Crippen LogP contribution in [0.5, 0.6) is 0 Å². The number of carbonyl (C=O) groups is 1. The third-order valence-electron chi connectivity index (χ3n) is 6.13. The largest absolute Gasteiger partial charge is 0.382 e. The summed E-state index contributed by atoms with van der Waals surface area (Å²) in [6.07, 6.45) is 2.31. The van der Waals surface area contributed by atoms with Gasteiger partial charge in [-0.3, -0.25) is 9.89 Å². The summed E-state index contributed by atoms with van der Waals surface area (Å²) in [6, 6.07) is 18.1. The van der Waals surface area contributed by atoms with Crippen molar-refractivity contribution in [2.24, 2.45) is 0 Å². The quantitative estimate of drug-likeness (QED) is 0.408. The van der Waals surface area contributed by atoms with E-state index in [0.29, 0.717) is 36.7 Å². The number of aromatic nitrogens is 5. The first-order valence-corrected chi connectivity index (χ1v) is 10.6. The molecule has 4 heterocycles. The molecule has 2 aromatic carbocycles. The van der Waals surface area contributed by atoms with Gasteiger partial charge in [-0.25, -0.2) is 9.97 Å². The van der Waals surface area contributed by atoms with Crippen LogP contribution in [0.4, 0.5) is 5.82 Å². The third-order valence-corrected chi connectivity index (χ3v) is 6.13. The van der Waals surface area contributed by atoms with Crippen LogP contribution < -0.4 is 5.73 Å². The molecular formula is C24H21N7O. The molecule has 1 amide bonds. The Kier molecular flexibility index (Phi) is 4.17. The Morgan fingerprint density at radius 2 is 1.97 bits per heavy atom. The maximum atomic E-state index is 12.6. The van der Waals surface area contributed by atoms with Crippen molar-refractivity contribution in [3.8, 4) is 11.3 Å². The molecule has 6 rings (SSSR count). The van der Waals surface area contributed by atoms with Crippen LogP contribution in [0, 0.1) is 0 Å². The zero-order chi connectivity index (χ0) is 21.7. The smallest absolute Gasteiger partial charge is 0.223 e. The normalized spacial score (nSPS) is 16.4. The van der Waals surface area contributed by atoms with Crippen molar-refractivity contribution in [2.75, 3.05) is 12.3 Å². The van der Waals surface area contributed by atoms with Crippen LogP contribution in [0.15, 0.2) is 60.8 Å². The number of imidazole rings is 1. The first-order chi connectivity index (χ1) is 15.7. The number of rotatable bonds is 4. The monoisotopic (exact) mass is 423 g/mol. The molecule has 0 aliphatic carbocycles. The number of benzene rings is 2. The molecule has 0 radical (unpaired) electrons. The van der Waals surface area contributed by atoms with E-state index in [1.165, 1.54) is 5.56 Å². The SMILES string of the molecule is Nc1nc2cc(-c3cc[nH]n3)ccc2c2[nH]c(CN3C[C@H](c4ccccc4)CC3=O)nc12. The molecule has 1 saturated heterocycles. The molecular weight excluding hydrogens is 402 g/mol. The number of pyridine rings is 1. The zero-order valence-corrected chi connectivity index (χ0v) is 17.2. The van der Waals surface area contributed by atoms with Gasteiger partial charge in [0.2, 0.25) is 5.91 Å². The fraction of sp³-hybridized carbons (Fsp3) is 0.167. The van der Waals surface area contributed by atoms with Gasteiger partial charge in [0.15, 0.2) is 5.82 Å². The van der Waals surface area contributed by atoms with Gasteiger partial charge in [-0.15, -0.1) is 0 Å². The molecule has 1 fully saturated rings. The van der Waals surface area contributed by atoms with Crippen LogP contribution in [0.3, 0.4) is 0 Å². The molecule has 8 heteroatoms. The van der Waals surface area contributed by atoms with E-state index in [-0.39, 0.29) is 11.8 Å². The number of hydrogen-bond donors (Lipinski definition) is 3. The second kappa shape index (κ2) is 7.19. The molecule has 5 aromatic rings. The highest BCUT2D eigenvalue weighted by Crippen LogP contribution is 2.31. The van der Waals surface area contributed by atoms with Gasteiger partial charge < -0.3 is 15.6 Å². The number of fused-ring (bicyclic) bond motifs is 3. The summed E-state index contributed by atoms with van der Waals surface area (Å²) in [5.41, 5.74) is 11.5. The lowest BCUT2D eigenvalue weighted by Gasteiger charge is -2.15. The van der Waals surface area contributed by atoms with E-state index in [1.54, 1.807) is 6.20 Å². The average molecular weight is 423 g/mol. The first-order valence-electron chi connectivity index (χ1n) is 10.6. The Morgan fingerprint density at radius 1 is 1.09 bits per heavy atom. The van der Waals surface area contributed by atoms with Crippen molar-refractivity contribution < 1.29 is 4.79 Å². The number of hydrogen-bond acceptors (Lipinski definition) is 5. The topological polar surface area (TPSA) is 117 Å². The summed E-state index contributed by atoms with van der Waals surface area (Å²) in [7, 11) is 0. The van der Waals surface area contributed by atoms with E-state index >= 15 is 0 Å². The summed E-state index contributed by atoms with van der Waals surface area (Å²) in [5, 5.41) is 7.99. The van der Waals surface area contributed by atoms with E-state index in [2.05, 4.69) is 37.3 Å². The number of nitrogen functional groups attached to an aromatic ring is 1. The molecule has 0 unspecified atom stereocenters. The van der Waals surface area contributed by atoms with Gasteiger partial charge in [0.05, 0.1) is 23.3 Å². The Hall–Kier alpha value is -4.20. The number of nitrogens with zero attached hydrogens (tertiary/aromatic N) is 4. The predicted molar refractivity (Wildman–Crippen MR) is 123 cm³/mol. The van der Waals surface area contributed by atoms with Crippen molar-refractivity contribution in [3.05, 3.63) is 72.2 Å². The molecule has 8 nitrogen and oxygen atoms in total. The molecule has 1 atom stereocenters. The highest BCUT2D eigenvalue weighted by Gasteiger charge is 2.31. The van der Waals surface area contributed by atoms with Crippen LogP contribution in [0.2, 0.25) is 0 Å². The van der Waals surface area contributed by atoms with Gasteiger partial charge in [-0.2, -0.15) is 5.10 Å². The zero-order valence-electron chi connectivity index (χ0n) is 17.2. The fourth-order valence-corrected chi connectivity index (χ4v) is 4.53. The number of amides is 1. The van der Waals surface area contributed by atoms with Crippen molar-refractivity contribution in [3.63, 3.8) is 0 Å². The third kappa shape index (κ3) is 3.08. The van der Waals surface area contributed by atoms with Crippen molar-refractivity contribution in [2.45, 2.75) is 18.9 Å². The molecule has 0 spiro atoms. The molecule has 3 aromatic heterocycles. The van der Waals surface area contributed by atoms with Crippen LogP contribution in [0.25, 0.3) is 33.2 Å². The van der Waals surface area contributed by atoms with Gasteiger partial charge in [0.1, 0.15) is 11.3 Å². The molecule has 1 aliphatic heterocycles. The second-order valence-corrected chi connectivity index (χ2v) is 8.18. The molecule has 0 saturated carbocycles. The van der Waals surface area contributed by atoms with Gasteiger partial charge >= 0.3 is 0 Å². The number of aromatic amines is 2. The molecule has 158 valence electrons. The average Bonchev–Trinajstić information content (AvgIpc) is 3.55. The van der Waals surface area contributed by atoms with E-state index in [0.717, 1.165) is 27.7 Å². The maximum Gasteiger partial charge on any atom is 0.223 e. The van der Waals surface area contributed by atoms with Crippen molar-refractivity contribution in [1.29, 1.82) is 0 Å². The van der Waals surface area contributed by atoms with E-state index in [4.69, 9.17) is 5.73 Å². The van der Waals surface area contributed by atoms with Crippen molar-refractivity contribution in [1.82, 2.24) is 30.0 Å². The molecule has 0 bridgehead atoms. The summed E-state index contributed by atoms with van der Waals surface area (Å²) in [4.78, 5) is 27.1. The number of anilines is 1. The number of likely N-dealkylation sites (tertiary alicyclic amines) is 1. The highest BCUT2D eigenvalue weighted by atomic mass is 16.2. The molecule has 32 heavy (non-hydrogen) atoms. The van der Waals surface area contributed by atoms with Crippen molar-refractivity contribution >= 4 is 33.7 Å². The summed E-state index contributed by atoms with van der Waals surface area (Å²) < 4.78 is 0. The number of nitrogens with one attached hydrogen (secondary N) is 2. The maximum absolute atomic E-state index is 12.6. The van der Waals surface area contributed by atoms with Gasteiger partial charge in [0, 0.05) is 36.0 Å². The van der Waals surface area contributed by atoms with Gasteiger partial charge in [-0.1, -0.05) is 36.4 Å². The Bertz CT molecular complexity index is 1440. The standard InChI is InChI=1S/C24H21N7O/c25-24-23-22(17-7-6-15(10-19(17)27-24)18-8-9-26-30-18)28-20(29-23)13-31-12-16(11-21(31)32)14-4-2-1-3-5-14/h1-10,16H,11-13H2,(H2,25,27)(H,26,30)(H,28,29)/t16-/m1/s1. The summed E-state index contributed by atoms with van der Waals surface area (Å²) in [6.45, 7) is 1.10. The Morgan fingerprint density at radius 3 is 2.78 bits per heavy atom.